The number of sulfone groups is 1. The predicted molar refractivity (Wildman–Crippen MR) is 108 cm³/mol. The van der Waals surface area contributed by atoms with Crippen LogP contribution < -0.4 is 5.30 Å². The van der Waals surface area contributed by atoms with Crippen molar-refractivity contribution >= 4 is 24.4 Å². The molecule has 3 rings (SSSR count). The first-order valence-corrected chi connectivity index (χ1v) is 10.9. The highest BCUT2D eigenvalue weighted by Gasteiger charge is 2.30. The van der Waals surface area contributed by atoms with E-state index < -0.39 is 22.4 Å². The van der Waals surface area contributed by atoms with E-state index in [0.29, 0.717) is 17.0 Å². The largest absolute Gasteiger partial charge is 0.393 e. The van der Waals surface area contributed by atoms with Crippen LogP contribution in [0.15, 0.2) is 59.5 Å². The van der Waals surface area contributed by atoms with Gasteiger partial charge in [0.15, 0.2) is 9.84 Å². The molecule has 0 fully saturated rings. The molecule has 8 heteroatoms. The maximum atomic E-state index is 13.0. The molecule has 28 heavy (non-hydrogen) atoms. The Morgan fingerprint density at radius 3 is 2.07 bits per heavy atom. The van der Waals surface area contributed by atoms with Gasteiger partial charge in [0.25, 0.3) is 0 Å². The lowest BCUT2D eigenvalue weighted by atomic mass is 10.1. The van der Waals surface area contributed by atoms with Crippen molar-refractivity contribution < 1.29 is 21.6 Å². The summed E-state index contributed by atoms with van der Waals surface area (Å²) in [5.74, 6) is 0. The van der Waals surface area contributed by atoms with Gasteiger partial charge in [-0.2, -0.15) is 13.2 Å². The summed E-state index contributed by atoms with van der Waals surface area (Å²) in [6.07, 6.45) is -4.24. The molecular formula is C20H19F3NO2PS. The van der Waals surface area contributed by atoms with Gasteiger partial charge in [0.05, 0.1) is 17.0 Å². The zero-order valence-corrected chi connectivity index (χ0v) is 17.3. The predicted octanol–water partition coefficient (Wildman–Crippen LogP) is 4.46. The first kappa shape index (κ1) is 20.6. The SMILES string of the molecule is Cc1c(CC(F)(F)F)cc(-c2ccc(S(C)(=O)=O)cc2)n1-c1ccc(P)cc1. The van der Waals surface area contributed by atoms with E-state index in [1.54, 1.807) is 23.6 Å². The molecule has 1 aromatic heterocycles. The third-order valence-electron chi connectivity index (χ3n) is 4.47. The van der Waals surface area contributed by atoms with Crippen LogP contribution in [0, 0.1) is 6.92 Å². The third-order valence-corrected chi connectivity index (χ3v) is 5.99. The van der Waals surface area contributed by atoms with Crippen molar-refractivity contribution in [1.29, 1.82) is 0 Å². The summed E-state index contributed by atoms with van der Waals surface area (Å²) in [4.78, 5) is 0.161. The van der Waals surface area contributed by atoms with Crippen LogP contribution in [0.3, 0.4) is 0 Å². The maximum absolute atomic E-state index is 13.0. The van der Waals surface area contributed by atoms with Gasteiger partial charge in [0, 0.05) is 17.6 Å². The number of hydrogen-bond acceptors (Lipinski definition) is 2. The minimum atomic E-state index is -4.32. The van der Waals surface area contributed by atoms with Crippen LogP contribution in [-0.2, 0) is 16.3 Å². The van der Waals surface area contributed by atoms with Gasteiger partial charge < -0.3 is 4.57 Å². The molecule has 0 aliphatic heterocycles. The fourth-order valence-corrected chi connectivity index (χ4v) is 3.92. The second kappa shape index (κ2) is 7.37. The van der Waals surface area contributed by atoms with Crippen LogP contribution in [0.4, 0.5) is 13.2 Å². The first-order chi connectivity index (χ1) is 13.0. The van der Waals surface area contributed by atoms with Crippen molar-refractivity contribution in [1.82, 2.24) is 4.57 Å². The summed E-state index contributed by atoms with van der Waals surface area (Å²) < 4.78 is 64.2. The summed E-state index contributed by atoms with van der Waals surface area (Å²) in [6, 6.07) is 15.1. The van der Waals surface area contributed by atoms with Crippen LogP contribution in [0.1, 0.15) is 11.3 Å². The lowest BCUT2D eigenvalue weighted by Gasteiger charge is -2.13. The monoisotopic (exact) mass is 425 g/mol. The Labute approximate surface area is 164 Å². The van der Waals surface area contributed by atoms with Crippen molar-refractivity contribution in [3.8, 4) is 16.9 Å². The van der Waals surface area contributed by atoms with Gasteiger partial charge in [-0.05, 0) is 53.7 Å². The van der Waals surface area contributed by atoms with E-state index >= 15 is 0 Å². The molecule has 0 saturated carbocycles. The molecule has 0 amide bonds. The molecule has 3 nitrogen and oxygen atoms in total. The Hall–Kier alpha value is -2.11. The van der Waals surface area contributed by atoms with Gasteiger partial charge in [-0.15, -0.1) is 9.24 Å². The number of alkyl halides is 3. The minimum Gasteiger partial charge on any atom is -0.314 e. The highest BCUT2D eigenvalue weighted by Crippen LogP contribution is 2.33. The Bertz CT molecular complexity index is 1100. The standard InChI is InChI=1S/C20H19F3NO2PS/c1-13-15(12-20(21,22)23)11-19(24(13)16-5-7-17(27)8-6-16)14-3-9-18(10-4-14)28(2,25)26/h3-11H,12,27H2,1-2H3. The van der Waals surface area contributed by atoms with Gasteiger partial charge in [0.2, 0.25) is 0 Å². The van der Waals surface area contributed by atoms with E-state index in [9.17, 15) is 21.6 Å². The Kier molecular flexibility index (Phi) is 5.43. The van der Waals surface area contributed by atoms with Crippen molar-refractivity contribution in [2.24, 2.45) is 0 Å². The molecule has 0 radical (unpaired) electrons. The summed E-state index contributed by atoms with van der Waals surface area (Å²) in [5, 5.41) is 0.961. The number of halogens is 3. The Morgan fingerprint density at radius 1 is 1.00 bits per heavy atom. The van der Waals surface area contributed by atoms with E-state index in [2.05, 4.69) is 9.24 Å². The molecule has 0 saturated heterocycles. The van der Waals surface area contributed by atoms with Gasteiger partial charge in [-0.3, -0.25) is 0 Å². The van der Waals surface area contributed by atoms with Gasteiger partial charge >= 0.3 is 6.18 Å². The highest BCUT2D eigenvalue weighted by atomic mass is 32.2. The average molecular weight is 425 g/mol. The van der Waals surface area contributed by atoms with E-state index in [4.69, 9.17) is 0 Å². The molecule has 2 aromatic carbocycles. The van der Waals surface area contributed by atoms with Crippen LogP contribution >= 0.6 is 9.24 Å². The van der Waals surface area contributed by atoms with Crippen LogP contribution in [0.2, 0.25) is 0 Å². The maximum Gasteiger partial charge on any atom is 0.393 e. The number of aromatic nitrogens is 1. The Morgan fingerprint density at radius 2 is 1.57 bits per heavy atom. The lowest BCUT2D eigenvalue weighted by Crippen LogP contribution is -2.12. The van der Waals surface area contributed by atoms with Crippen LogP contribution in [-0.4, -0.2) is 25.4 Å². The van der Waals surface area contributed by atoms with E-state index in [1.165, 1.54) is 18.2 Å². The molecule has 0 spiro atoms. The minimum absolute atomic E-state index is 0.161. The summed E-state index contributed by atoms with van der Waals surface area (Å²) >= 11 is 0. The first-order valence-electron chi connectivity index (χ1n) is 8.40. The topological polar surface area (TPSA) is 39.1 Å². The van der Waals surface area contributed by atoms with Crippen molar-refractivity contribution in [3.63, 3.8) is 0 Å². The van der Waals surface area contributed by atoms with Crippen LogP contribution in [0.5, 0.6) is 0 Å². The molecule has 0 N–H and O–H groups in total. The van der Waals surface area contributed by atoms with E-state index in [-0.39, 0.29) is 10.5 Å². The van der Waals surface area contributed by atoms with Gasteiger partial charge in [-0.1, -0.05) is 24.3 Å². The quantitative estimate of drug-likeness (QED) is 0.579. The number of rotatable bonds is 4. The fourth-order valence-electron chi connectivity index (χ4n) is 3.09. The average Bonchev–Trinajstić information content (AvgIpc) is 2.90. The van der Waals surface area contributed by atoms with Crippen molar-refractivity contribution in [2.75, 3.05) is 6.26 Å². The summed E-state index contributed by atoms with van der Waals surface area (Å²) in [7, 11) is -0.786. The summed E-state index contributed by atoms with van der Waals surface area (Å²) in [5.41, 5.74) is 2.63. The second-order valence-corrected chi connectivity index (χ2v) is 9.34. The molecule has 0 aliphatic carbocycles. The van der Waals surface area contributed by atoms with Crippen LogP contribution in [0.25, 0.3) is 16.9 Å². The fraction of sp³-hybridized carbons (Fsp3) is 0.200. The van der Waals surface area contributed by atoms with E-state index in [0.717, 1.165) is 17.2 Å². The zero-order valence-electron chi connectivity index (χ0n) is 15.3. The zero-order chi connectivity index (χ0) is 20.7. The highest BCUT2D eigenvalue weighted by molar-refractivity contribution is 7.90. The number of nitrogens with zero attached hydrogens (tertiary/aromatic N) is 1. The normalized spacial score (nSPS) is 12.4. The van der Waals surface area contributed by atoms with Gasteiger partial charge in [-0.25, -0.2) is 8.42 Å². The summed E-state index contributed by atoms with van der Waals surface area (Å²) in [6.45, 7) is 1.66. The molecule has 148 valence electrons. The third kappa shape index (κ3) is 4.47. The van der Waals surface area contributed by atoms with Crippen molar-refractivity contribution in [2.45, 2.75) is 24.4 Å². The molecular weight excluding hydrogens is 406 g/mol. The number of benzene rings is 2. The molecule has 1 unspecified atom stereocenters. The lowest BCUT2D eigenvalue weighted by molar-refractivity contribution is -0.127. The Balaban J connectivity index is 2.18. The second-order valence-electron chi connectivity index (χ2n) is 6.66. The van der Waals surface area contributed by atoms with Crippen molar-refractivity contribution in [3.05, 3.63) is 65.9 Å². The number of hydrogen-bond donors (Lipinski definition) is 0. The molecule has 0 aliphatic rings. The smallest absolute Gasteiger partial charge is 0.314 e. The van der Waals surface area contributed by atoms with E-state index in [1.807, 2.05) is 24.3 Å². The molecule has 1 heterocycles. The molecule has 1 atom stereocenters. The van der Waals surface area contributed by atoms with Gasteiger partial charge in [0.1, 0.15) is 0 Å². The molecule has 3 aromatic rings. The molecule has 0 bridgehead atoms.